The zero-order valence-corrected chi connectivity index (χ0v) is 12.9. The Hall–Kier alpha value is -1.50. The van der Waals surface area contributed by atoms with E-state index in [9.17, 15) is 4.39 Å². The number of halogens is 1. The molecule has 0 radical (unpaired) electrons. The Morgan fingerprint density at radius 3 is 2.90 bits per heavy atom. The van der Waals surface area contributed by atoms with Crippen molar-refractivity contribution in [3.63, 3.8) is 0 Å². The first-order valence-corrected chi connectivity index (χ1v) is 7.46. The Morgan fingerprint density at radius 2 is 2.19 bits per heavy atom. The third-order valence-electron chi connectivity index (χ3n) is 2.78. The second kappa shape index (κ2) is 8.07. The van der Waals surface area contributed by atoms with Crippen LogP contribution in [0.5, 0.6) is 0 Å². The first-order chi connectivity index (χ1) is 10.2. The summed E-state index contributed by atoms with van der Waals surface area (Å²) in [6.07, 6.45) is 1.68. The zero-order chi connectivity index (χ0) is 15.1. The van der Waals surface area contributed by atoms with Gasteiger partial charge in [0.2, 0.25) is 0 Å². The molecule has 1 heterocycles. The Kier molecular flexibility index (Phi) is 6.10. The van der Waals surface area contributed by atoms with E-state index in [-0.39, 0.29) is 5.82 Å². The fourth-order valence-electron chi connectivity index (χ4n) is 1.72. The van der Waals surface area contributed by atoms with Gasteiger partial charge in [-0.15, -0.1) is 0 Å². The summed E-state index contributed by atoms with van der Waals surface area (Å²) in [7, 11) is 1.65. The van der Waals surface area contributed by atoms with E-state index in [0.29, 0.717) is 23.2 Å². The largest absolute Gasteiger partial charge is 0.383 e. The molecule has 1 aromatic carbocycles. The number of ether oxygens (including phenoxy) is 1. The number of nitrogens with zero attached hydrogens (tertiary/aromatic N) is 2. The number of hydrogen-bond donors (Lipinski definition) is 1. The summed E-state index contributed by atoms with van der Waals surface area (Å²) in [5, 5.41) is 3.74. The van der Waals surface area contributed by atoms with Crippen LogP contribution in [0.4, 0.5) is 4.39 Å². The van der Waals surface area contributed by atoms with Crippen molar-refractivity contribution in [1.82, 2.24) is 15.3 Å². The second-order valence-corrected chi connectivity index (χ2v) is 5.53. The summed E-state index contributed by atoms with van der Waals surface area (Å²) in [6.45, 7) is 3.88. The number of aryl methyl sites for hydroxylation is 1. The topological polar surface area (TPSA) is 47.0 Å². The van der Waals surface area contributed by atoms with Crippen molar-refractivity contribution in [2.24, 2.45) is 0 Å². The van der Waals surface area contributed by atoms with E-state index in [1.807, 2.05) is 19.1 Å². The van der Waals surface area contributed by atoms with Gasteiger partial charge in [-0.3, -0.25) is 0 Å². The van der Waals surface area contributed by atoms with Crippen molar-refractivity contribution in [3.05, 3.63) is 47.5 Å². The van der Waals surface area contributed by atoms with Crippen molar-refractivity contribution >= 4 is 11.8 Å². The first kappa shape index (κ1) is 15.9. The SMILES string of the molecule is COCCNCc1ccc(Sc2nccc(C)n2)c(F)c1. The van der Waals surface area contributed by atoms with Crippen LogP contribution in [0.1, 0.15) is 11.3 Å². The van der Waals surface area contributed by atoms with Gasteiger partial charge in [0.05, 0.1) is 11.5 Å². The third-order valence-corrected chi connectivity index (χ3v) is 3.71. The summed E-state index contributed by atoms with van der Waals surface area (Å²) in [5.74, 6) is -0.254. The number of rotatable bonds is 7. The van der Waals surface area contributed by atoms with Gasteiger partial charge in [-0.05, 0) is 42.4 Å². The van der Waals surface area contributed by atoms with Crippen LogP contribution in [0.15, 0.2) is 40.5 Å². The zero-order valence-electron chi connectivity index (χ0n) is 12.1. The second-order valence-electron chi connectivity index (χ2n) is 4.52. The molecule has 6 heteroatoms. The summed E-state index contributed by atoms with van der Waals surface area (Å²) in [5.41, 5.74) is 1.77. The predicted molar refractivity (Wildman–Crippen MR) is 80.9 cm³/mol. The molecule has 0 amide bonds. The monoisotopic (exact) mass is 307 g/mol. The third kappa shape index (κ3) is 5.08. The van der Waals surface area contributed by atoms with Gasteiger partial charge in [-0.25, -0.2) is 14.4 Å². The molecule has 0 aliphatic carbocycles. The van der Waals surface area contributed by atoms with Crippen LogP contribution in [0, 0.1) is 12.7 Å². The number of hydrogen-bond acceptors (Lipinski definition) is 5. The molecule has 0 aliphatic rings. The number of aromatic nitrogens is 2. The Labute approximate surface area is 128 Å². The molecule has 112 valence electrons. The highest BCUT2D eigenvalue weighted by Gasteiger charge is 2.07. The molecule has 2 rings (SSSR count). The number of benzene rings is 1. The Morgan fingerprint density at radius 1 is 1.33 bits per heavy atom. The molecule has 1 aromatic heterocycles. The predicted octanol–water partition coefficient (Wildman–Crippen LogP) is 2.81. The molecule has 0 saturated heterocycles. The maximum Gasteiger partial charge on any atom is 0.192 e. The summed E-state index contributed by atoms with van der Waals surface area (Å²) in [4.78, 5) is 8.92. The molecule has 0 fully saturated rings. The van der Waals surface area contributed by atoms with Gasteiger partial charge in [-0.1, -0.05) is 6.07 Å². The van der Waals surface area contributed by atoms with Gasteiger partial charge in [0.1, 0.15) is 5.82 Å². The standard InChI is InChI=1S/C15H18FN3OS/c1-11-5-6-18-15(19-11)21-14-4-3-12(9-13(14)16)10-17-7-8-20-2/h3-6,9,17H,7-8,10H2,1-2H3. The summed E-state index contributed by atoms with van der Waals surface area (Å²) >= 11 is 1.23. The normalized spacial score (nSPS) is 10.8. The van der Waals surface area contributed by atoms with Crippen LogP contribution >= 0.6 is 11.8 Å². The van der Waals surface area contributed by atoms with E-state index >= 15 is 0 Å². The van der Waals surface area contributed by atoms with Crippen molar-refractivity contribution in [2.75, 3.05) is 20.3 Å². The van der Waals surface area contributed by atoms with Crippen LogP contribution in [0.3, 0.4) is 0 Å². The molecule has 0 spiro atoms. The molecule has 1 N–H and O–H groups in total. The molecule has 21 heavy (non-hydrogen) atoms. The molecule has 4 nitrogen and oxygen atoms in total. The highest BCUT2D eigenvalue weighted by Crippen LogP contribution is 2.27. The quantitative estimate of drug-likeness (QED) is 0.629. The molecule has 2 aromatic rings. The lowest BCUT2D eigenvalue weighted by molar-refractivity contribution is 0.199. The van der Waals surface area contributed by atoms with Gasteiger partial charge in [0.15, 0.2) is 5.16 Å². The van der Waals surface area contributed by atoms with Gasteiger partial charge in [0.25, 0.3) is 0 Å². The highest BCUT2D eigenvalue weighted by molar-refractivity contribution is 7.99. The van der Waals surface area contributed by atoms with Gasteiger partial charge in [-0.2, -0.15) is 0 Å². The lowest BCUT2D eigenvalue weighted by Gasteiger charge is -2.07. The van der Waals surface area contributed by atoms with E-state index in [2.05, 4.69) is 15.3 Å². The van der Waals surface area contributed by atoms with Gasteiger partial charge in [0, 0.05) is 32.1 Å². The van der Waals surface area contributed by atoms with Crippen molar-refractivity contribution in [1.29, 1.82) is 0 Å². The summed E-state index contributed by atoms with van der Waals surface area (Å²) < 4.78 is 19.0. The van der Waals surface area contributed by atoms with E-state index in [4.69, 9.17) is 4.74 Å². The average Bonchev–Trinajstić information content (AvgIpc) is 2.46. The smallest absolute Gasteiger partial charge is 0.192 e. The van der Waals surface area contributed by atoms with Crippen molar-refractivity contribution in [3.8, 4) is 0 Å². The van der Waals surface area contributed by atoms with Crippen LogP contribution in [0.25, 0.3) is 0 Å². The van der Waals surface area contributed by atoms with Gasteiger partial charge >= 0.3 is 0 Å². The molecule has 0 bridgehead atoms. The van der Waals surface area contributed by atoms with Crippen LogP contribution in [-0.4, -0.2) is 30.2 Å². The average molecular weight is 307 g/mol. The first-order valence-electron chi connectivity index (χ1n) is 6.64. The fourth-order valence-corrected chi connectivity index (χ4v) is 2.51. The Balaban J connectivity index is 1.98. The fraction of sp³-hybridized carbons (Fsp3) is 0.333. The number of nitrogens with one attached hydrogen (secondary N) is 1. The van der Waals surface area contributed by atoms with E-state index in [1.165, 1.54) is 17.8 Å². The molecule has 0 saturated carbocycles. The lowest BCUT2D eigenvalue weighted by atomic mass is 10.2. The minimum Gasteiger partial charge on any atom is -0.383 e. The van der Waals surface area contributed by atoms with Crippen molar-refractivity contribution < 1.29 is 9.13 Å². The molecular formula is C15H18FN3OS. The lowest BCUT2D eigenvalue weighted by Crippen LogP contribution is -2.18. The van der Waals surface area contributed by atoms with Crippen LogP contribution < -0.4 is 5.32 Å². The minimum atomic E-state index is -0.254. The highest BCUT2D eigenvalue weighted by atomic mass is 32.2. The summed E-state index contributed by atoms with van der Waals surface area (Å²) in [6, 6.07) is 7.02. The number of methoxy groups -OCH3 is 1. The van der Waals surface area contributed by atoms with Gasteiger partial charge < -0.3 is 10.1 Å². The molecule has 0 unspecified atom stereocenters. The Bertz CT molecular complexity index is 595. The van der Waals surface area contributed by atoms with Crippen molar-refractivity contribution in [2.45, 2.75) is 23.5 Å². The van der Waals surface area contributed by atoms with E-state index in [0.717, 1.165) is 17.8 Å². The maximum absolute atomic E-state index is 14.1. The van der Waals surface area contributed by atoms with E-state index < -0.39 is 0 Å². The molecular weight excluding hydrogens is 289 g/mol. The maximum atomic E-state index is 14.1. The van der Waals surface area contributed by atoms with E-state index in [1.54, 1.807) is 19.4 Å². The van der Waals surface area contributed by atoms with Crippen LogP contribution in [0.2, 0.25) is 0 Å². The van der Waals surface area contributed by atoms with Crippen LogP contribution in [-0.2, 0) is 11.3 Å². The minimum absolute atomic E-state index is 0.254. The molecule has 0 aliphatic heterocycles. The molecule has 0 atom stereocenters.